The van der Waals surface area contributed by atoms with Gasteiger partial charge in [-0.15, -0.1) is 0 Å². The highest BCUT2D eigenvalue weighted by molar-refractivity contribution is 8.13. The lowest BCUT2D eigenvalue weighted by Gasteiger charge is -2.06. The summed E-state index contributed by atoms with van der Waals surface area (Å²) in [6.45, 7) is 3.75. The second kappa shape index (κ2) is 5.35. The van der Waals surface area contributed by atoms with Crippen LogP contribution in [0, 0.1) is 0 Å². The molecule has 6 heteroatoms. The Hall–Kier alpha value is -1.33. The molecule has 4 nitrogen and oxygen atoms in total. The van der Waals surface area contributed by atoms with Gasteiger partial charge in [-0.3, -0.25) is 0 Å². The van der Waals surface area contributed by atoms with E-state index >= 15 is 0 Å². The molecule has 0 spiro atoms. The third kappa shape index (κ3) is 2.67. The van der Waals surface area contributed by atoms with Crippen LogP contribution in [0.25, 0.3) is 5.69 Å². The molecule has 2 rings (SSSR count). The van der Waals surface area contributed by atoms with Crippen molar-refractivity contribution >= 4 is 19.7 Å². The van der Waals surface area contributed by atoms with E-state index in [9.17, 15) is 8.42 Å². The van der Waals surface area contributed by atoms with Crippen molar-refractivity contribution in [3.63, 3.8) is 0 Å². The summed E-state index contributed by atoms with van der Waals surface area (Å²) in [5.74, 6) is 0. The van der Waals surface area contributed by atoms with Crippen molar-refractivity contribution in [1.82, 2.24) is 9.78 Å². The number of benzene rings is 1. The van der Waals surface area contributed by atoms with Crippen molar-refractivity contribution in [2.45, 2.75) is 31.6 Å². The van der Waals surface area contributed by atoms with Gasteiger partial charge in [0, 0.05) is 10.7 Å². The number of nitrogens with zero attached hydrogens (tertiary/aromatic N) is 2. The highest BCUT2D eigenvalue weighted by Gasteiger charge is 2.25. The maximum atomic E-state index is 11.7. The molecule has 0 unspecified atom stereocenters. The number of hydrogen-bond acceptors (Lipinski definition) is 3. The van der Waals surface area contributed by atoms with E-state index in [1.165, 1.54) is 0 Å². The quantitative estimate of drug-likeness (QED) is 0.816. The Kier molecular flexibility index (Phi) is 3.96. The Morgan fingerprint density at radius 3 is 2.26 bits per heavy atom. The minimum absolute atomic E-state index is 0.156. The summed E-state index contributed by atoms with van der Waals surface area (Å²) in [4.78, 5) is 0.156. The smallest absolute Gasteiger partial charge is 0.236 e. The summed E-state index contributed by atoms with van der Waals surface area (Å²) in [7, 11) is 1.76. The van der Waals surface area contributed by atoms with Gasteiger partial charge in [0.25, 0.3) is 9.05 Å². The highest BCUT2D eigenvalue weighted by atomic mass is 35.7. The van der Waals surface area contributed by atoms with Gasteiger partial charge in [0.1, 0.15) is 4.90 Å². The van der Waals surface area contributed by atoms with Crippen LogP contribution < -0.4 is 0 Å². The van der Waals surface area contributed by atoms with Gasteiger partial charge in [0.15, 0.2) is 0 Å². The summed E-state index contributed by atoms with van der Waals surface area (Å²) in [6, 6.07) is 9.44. The molecular weight excluding hydrogens is 284 g/mol. The molecule has 102 valence electrons. The molecule has 0 amide bonds. The molecule has 19 heavy (non-hydrogen) atoms. The lowest BCUT2D eigenvalue weighted by atomic mass is 10.2. The van der Waals surface area contributed by atoms with Crippen LogP contribution in [0.15, 0.2) is 35.2 Å². The molecule has 0 aliphatic heterocycles. The van der Waals surface area contributed by atoms with Gasteiger partial charge in [0.2, 0.25) is 0 Å². The molecule has 0 bridgehead atoms. The van der Waals surface area contributed by atoms with Crippen LogP contribution in [0.2, 0.25) is 0 Å². The van der Waals surface area contributed by atoms with Gasteiger partial charge in [-0.1, -0.05) is 32.0 Å². The van der Waals surface area contributed by atoms with Crippen molar-refractivity contribution in [3.05, 3.63) is 41.7 Å². The zero-order valence-electron chi connectivity index (χ0n) is 10.8. The third-order valence-corrected chi connectivity index (χ3v) is 4.34. The van der Waals surface area contributed by atoms with Gasteiger partial charge in [0.05, 0.1) is 17.1 Å². The Morgan fingerprint density at radius 1 is 1.16 bits per heavy atom. The largest absolute Gasteiger partial charge is 0.265 e. The van der Waals surface area contributed by atoms with Crippen LogP contribution in [0.4, 0.5) is 0 Å². The van der Waals surface area contributed by atoms with Crippen molar-refractivity contribution in [3.8, 4) is 5.69 Å². The lowest BCUT2D eigenvalue weighted by molar-refractivity contribution is 0.607. The van der Waals surface area contributed by atoms with Crippen LogP contribution in [0.5, 0.6) is 0 Å². The average Bonchev–Trinajstić information content (AvgIpc) is 2.78. The number of rotatable bonds is 4. The molecule has 0 radical (unpaired) electrons. The van der Waals surface area contributed by atoms with Crippen LogP contribution >= 0.6 is 10.7 Å². The molecule has 1 aromatic carbocycles. The Labute approximate surface area is 117 Å². The molecule has 1 aromatic heterocycles. The summed E-state index contributed by atoms with van der Waals surface area (Å²) >= 11 is 0. The van der Waals surface area contributed by atoms with Gasteiger partial charge in [-0.2, -0.15) is 5.10 Å². The van der Waals surface area contributed by atoms with Crippen molar-refractivity contribution in [2.24, 2.45) is 0 Å². The molecule has 1 heterocycles. The average molecular weight is 299 g/mol. The zero-order valence-corrected chi connectivity index (χ0v) is 12.4. The molecule has 0 N–H and O–H groups in total. The molecule has 0 saturated heterocycles. The number of hydrogen-bond donors (Lipinski definition) is 0. The van der Waals surface area contributed by atoms with Gasteiger partial charge in [-0.25, -0.2) is 13.1 Å². The Morgan fingerprint density at radius 2 is 1.79 bits per heavy atom. The summed E-state index contributed by atoms with van der Waals surface area (Å²) in [5.41, 5.74) is 1.97. The summed E-state index contributed by atoms with van der Waals surface area (Å²) < 4.78 is 25.2. The van der Waals surface area contributed by atoms with E-state index in [1.54, 1.807) is 4.68 Å². The zero-order chi connectivity index (χ0) is 14.0. The van der Waals surface area contributed by atoms with Crippen molar-refractivity contribution in [2.75, 3.05) is 0 Å². The number of para-hydroxylation sites is 1. The maximum absolute atomic E-state index is 11.7. The summed E-state index contributed by atoms with van der Waals surface area (Å²) in [5, 5.41) is 4.39. The van der Waals surface area contributed by atoms with E-state index in [2.05, 4.69) is 5.10 Å². The number of aryl methyl sites for hydroxylation is 1. The summed E-state index contributed by atoms with van der Waals surface area (Å²) in [6.07, 6.45) is 1.07. The molecule has 0 aliphatic carbocycles. The number of aromatic nitrogens is 2. The highest BCUT2D eigenvalue weighted by Crippen LogP contribution is 2.27. The van der Waals surface area contributed by atoms with E-state index in [1.807, 2.05) is 44.2 Å². The van der Waals surface area contributed by atoms with Gasteiger partial charge >= 0.3 is 0 Å². The van der Waals surface area contributed by atoms with E-state index in [-0.39, 0.29) is 4.90 Å². The van der Waals surface area contributed by atoms with E-state index in [0.717, 1.165) is 5.69 Å². The van der Waals surface area contributed by atoms with Crippen LogP contribution in [-0.2, 0) is 21.9 Å². The van der Waals surface area contributed by atoms with E-state index in [0.29, 0.717) is 24.2 Å². The fraction of sp³-hybridized carbons (Fsp3) is 0.308. The first-order valence-corrected chi connectivity index (χ1v) is 8.40. The Bertz CT molecular complexity index is 678. The second-order valence-corrected chi connectivity index (χ2v) is 6.62. The van der Waals surface area contributed by atoms with E-state index < -0.39 is 9.05 Å². The van der Waals surface area contributed by atoms with Gasteiger partial charge < -0.3 is 0 Å². The fourth-order valence-electron chi connectivity index (χ4n) is 2.10. The van der Waals surface area contributed by atoms with Crippen LogP contribution in [0.3, 0.4) is 0 Å². The minimum Gasteiger partial charge on any atom is -0.236 e. The van der Waals surface area contributed by atoms with Gasteiger partial charge in [-0.05, 0) is 25.0 Å². The second-order valence-electron chi connectivity index (χ2n) is 4.11. The standard InChI is InChI=1S/C13H15ClN2O2S/c1-3-11-13(19(14,17)18)12(4-2)16(15-11)10-8-6-5-7-9-10/h5-9H,3-4H2,1-2H3. The lowest BCUT2D eigenvalue weighted by Crippen LogP contribution is -2.03. The van der Waals surface area contributed by atoms with E-state index in [4.69, 9.17) is 10.7 Å². The first-order chi connectivity index (χ1) is 8.99. The maximum Gasteiger partial charge on any atom is 0.265 e. The molecular formula is C13H15ClN2O2S. The Balaban J connectivity index is 2.75. The molecule has 0 fully saturated rings. The van der Waals surface area contributed by atoms with Crippen molar-refractivity contribution < 1.29 is 8.42 Å². The number of halogens is 1. The fourth-order valence-corrected chi connectivity index (χ4v) is 3.61. The SMILES string of the molecule is CCc1nn(-c2ccccc2)c(CC)c1S(=O)(=O)Cl. The first-order valence-electron chi connectivity index (χ1n) is 6.09. The van der Waals surface area contributed by atoms with Crippen LogP contribution in [0.1, 0.15) is 25.2 Å². The van der Waals surface area contributed by atoms with Crippen molar-refractivity contribution in [1.29, 1.82) is 0 Å². The topological polar surface area (TPSA) is 52.0 Å². The minimum atomic E-state index is -3.79. The predicted octanol–water partition coefficient (Wildman–Crippen LogP) is 2.92. The molecule has 0 aliphatic rings. The predicted molar refractivity (Wildman–Crippen MR) is 75.4 cm³/mol. The monoisotopic (exact) mass is 298 g/mol. The first kappa shape index (κ1) is 14.1. The normalized spacial score (nSPS) is 11.7. The third-order valence-electron chi connectivity index (χ3n) is 2.91. The van der Waals surface area contributed by atoms with Crippen LogP contribution in [-0.4, -0.2) is 18.2 Å². The molecule has 0 saturated carbocycles. The molecule has 2 aromatic rings. The molecule has 0 atom stereocenters.